The monoisotopic (exact) mass is 473 g/mol. The van der Waals surface area contributed by atoms with Gasteiger partial charge in [-0.2, -0.15) is 5.10 Å². The van der Waals surface area contributed by atoms with Crippen molar-refractivity contribution in [1.82, 2.24) is 30.1 Å². The summed E-state index contributed by atoms with van der Waals surface area (Å²) < 4.78 is 0. The number of fused-ring (bicyclic) bond motifs is 2. The zero-order valence-corrected chi connectivity index (χ0v) is 20.6. The molecule has 178 valence electrons. The fourth-order valence-electron chi connectivity index (χ4n) is 4.27. The average molecular weight is 474 g/mol. The summed E-state index contributed by atoms with van der Waals surface area (Å²) in [6.45, 7) is 10.5. The first-order chi connectivity index (χ1) is 17.4. The first-order valence-corrected chi connectivity index (χ1v) is 12.0. The van der Waals surface area contributed by atoms with Crippen LogP contribution in [0, 0.1) is 5.41 Å². The third-order valence-corrected chi connectivity index (χ3v) is 6.46. The van der Waals surface area contributed by atoms with Gasteiger partial charge < -0.3 is 10.3 Å². The third-order valence-electron chi connectivity index (χ3n) is 6.46. The third kappa shape index (κ3) is 3.88. The molecule has 3 N–H and O–H groups in total. The largest absolute Gasteiger partial charge is 0.358 e. The molecule has 36 heavy (non-hydrogen) atoms. The number of H-pyrrole nitrogens is 2. The number of pyridine rings is 2. The van der Waals surface area contributed by atoms with Crippen LogP contribution in [0.4, 0.5) is 5.69 Å². The SMILES string of the molecule is C=C(Nc1cncc(-c2ccc3[nH]nc(-c4nc5c(C6=CCC=C6)cccc5[nH]4)c3n2)c1)C(C)(C)C. The summed E-state index contributed by atoms with van der Waals surface area (Å²) in [4.78, 5) is 17.8. The van der Waals surface area contributed by atoms with E-state index >= 15 is 0 Å². The summed E-state index contributed by atoms with van der Waals surface area (Å²) in [6.07, 6.45) is 11.1. The molecule has 0 saturated carbocycles. The molecule has 5 aromatic rings. The molecule has 0 unspecified atom stereocenters. The van der Waals surface area contributed by atoms with Crippen LogP contribution in [0.25, 0.3) is 50.4 Å². The minimum atomic E-state index is -0.0596. The number of allylic oxidation sites excluding steroid dienone is 5. The molecule has 1 aromatic carbocycles. The first kappa shape index (κ1) is 22.0. The second kappa shape index (κ2) is 8.30. The number of hydrogen-bond acceptors (Lipinski definition) is 5. The second-order valence-corrected chi connectivity index (χ2v) is 10.1. The second-order valence-electron chi connectivity index (χ2n) is 10.1. The van der Waals surface area contributed by atoms with E-state index in [0.717, 1.165) is 56.7 Å². The summed E-state index contributed by atoms with van der Waals surface area (Å²) >= 11 is 0. The molecule has 4 aromatic heterocycles. The Bertz CT molecular complexity index is 1690. The molecule has 0 radical (unpaired) electrons. The van der Waals surface area contributed by atoms with Crippen LogP contribution >= 0.6 is 0 Å². The van der Waals surface area contributed by atoms with Crippen molar-refractivity contribution < 1.29 is 0 Å². The highest BCUT2D eigenvalue weighted by Gasteiger charge is 2.18. The maximum Gasteiger partial charge on any atom is 0.161 e. The van der Waals surface area contributed by atoms with E-state index in [1.807, 2.05) is 36.5 Å². The van der Waals surface area contributed by atoms with Gasteiger partial charge in [0.05, 0.1) is 34.1 Å². The Balaban J connectivity index is 1.39. The number of nitrogens with zero attached hydrogens (tertiary/aromatic N) is 4. The van der Waals surface area contributed by atoms with Crippen molar-refractivity contribution in [3.05, 3.63) is 84.9 Å². The van der Waals surface area contributed by atoms with E-state index in [1.165, 1.54) is 5.57 Å². The molecule has 4 heterocycles. The van der Waals surface area contributed by atoms with Gasteiger partial charge in [-0.15, -0.1) is 0 Å². The van der Waals surface area contributed by atoms with E-state index in [-0.39, 0.29) is 5.41 Å². The highest BCUT2D eigenvalue weighted by molar-refractivity contribution is 5.96. The summed E-state index contributed by atoms with van der Waals surface area (Å²) in [5, 5.41) is 11.0. The standard InChI is InChI=1S/C29H27N7/c1-17(29(2,3)4)31-20-14-19(15-30-16-20)22-12-13-24-26(32-22)27(36-35-24)28-33-23-11-7-10-21(25(23)34-28)18-8-5-6-9-18/h5,7-16,31H,1,6H2,2-4H3,(H,33,34)(H,35,36). The van der Waals surface area contributed by atoms with Gasteiger partial charge in [0.15, 0.2) is 11.5 Å². The Morgan fingerprint density at radius 1 is 1.03 bits per heavy atom. The Morgan fingerprint density at radius 2 is 1.92 bits per heavy atom. The number of imidazole rings is 1. The zero-order valence-electron chi connectivity index (χ0n) is 20.6. The van der Waals surface area contributed by atoms with Crippen LogP contribution in [-0.4, -0.2) is 30.1 Å². The Kier molecular flexibility index (Phi) is 5.07. The summed E-state index contributed by atoms with van der Waals surface area (Å²) in [7, 11) is 0. The highest BCUT2D eigenvalue weighted by Crippen LogP contribution is 2.32. The molecule has 0 bridgehead atoms. The number of hydrogen-bond donors (Lipinski definition) is 3. The van der Waals surface area contributed by atoms with E-state index in [1.54, 1.807) is 6.20 Å². The molecule has 0 atom stereocenters. The fraction of sp³-hybridized carbons (Fsp3) is 0.172. The van der Waals surface area contributed by atoms with Crippen LogP contribution in [0.3, 0.4) is 0 Å². The number of rotatable bonds is 5. The number of benzene rings is 1. The van der Waals surface area contributed by atoms with Gasteiger partial charge in [-0.1, -0.05) is 57.7 Å². The predicted molar refractivity (Wildman–Crippen MR) is 146 cm³/mol. The van der Waals surface area contributed by atoms with Gasteiger partial charge in [0, 0.05) is 28.4 Å². The molecule has 1 aliphatic carbocycles. The quantitative estimate of drug-likeness (QED) is 0.259. The molecule has 0 spiro atoms. The molecule has 7 nitrogen and oxygen atoms in total. The zero-order chi connectivity index (χ0) is 24.9. The van der Waals surface area contributed by atoms with Crippen molar-refractivity contribution in [1.29, 1.82) is 0 Å². The highest BCUT2D eigenvalue weighted by atomic mass is 15.1. The first-order valence-electron chi connectivity index (χ1n) is 12.0. The number of aromatic amines is 2. The minimum Gasteiger partial charge on any atom is -0.358 e. The van der Waals surface area contributed by atoms with Crippen LogP contribution in [-0.2, 0) is 0 Å². The van der Waals surface area contributed by atoms with E-state index in [2.05, 4.69) is 77.1 Å². The van der Waals surface area contributed by atoms with Crippen molar-refractivity contribution in [2.45, 2.75) is 27.2 Å². The van der Waals surface area contributed by atoms with E-state index in [4.69, 9.17) is 9.97 Å². The number of nitrogens with one attached hydrogen (secondary N) is 3. The smallest absolute Gasteiger partial charge is 0.161 e. The Labute approximate surface area is 209 Å². The van der Waals surface area contributed by atoms with Crippen LogP contribution in [0.2, 0.25) is 0 Å². The molecule has 7 heteroatoms. The van der Waals surface area contributed by atoms with Gasteiger partial charge >= 0.3 is 0 Å². The van der Waals surface area contributed by atoms with Crippen LogP contribution in [0.1, 0.15) is 32.8 Å². The van der Waals surface area contributed by atoms with Gasteiger partial charge in [0.25, 0.3) is 0 Å². The number of para-hydroxylation sites is 1. The van der Waals surface area contributed by atoms with Gasteiger partial charge in [-0.3, -0.25) is 10.1 Å². The van der Waals surface area contributed by atoms with Crippen molar-refractivity contribution in [3.8, 4) is 22.8 Å². The molecule has 0 aliphatic heterocycles. The van der Waals surface area contributed by atoms with Crippen LogP contribution in [0.15, 0.2) is 79.3 Å². The fourth-order valence-corrected chi connectivity index (χ4v) is 4.27. The summed E-state index contributed by atoms with van der Waals surface area (Å²) in [5.41, 5.74) is 9.96. The number of anilines is 1. The van der Waals surface area contributed by atoms with Gasteiger partial charge in [0.2, 0.25) is 0 Å². The van der Waals surface area contributed by atoms with E-state index in [9.17, 15) is 0 Å². The lowest BCUT2D eigenvalue weighted by molar-refractivity contribution is 0.509. The maximum absolute atomic E-state index is 4.95. The molecular formula is C29H27N7. The summed E-state index contributed by atoms with van der Waals surface area (Å²) in [6, 6.07) is 12.2. The average Bonchev–Trinajstić information content (AvgIpc) is 3.62. The van der Waals surface area contributed by atoms with Gasteiger partial charge in [-0.25, -0.2) is 9.97 Å². The topological polar surface area (TPSA) is 95.2 Å². The molecule has 0 saturated heterocycles. The normalized spacial score (nSPS) is 13.5. The van der Waals surface area contributed by atoms with E-state index in [0.29, 0.717) is 11.5 Å². The molecule has 0 fully saturated rings. The Hall–Kier alpha value is -4.52. The van der Waals surface area contributed by atoms with Crippen molar-refractivity contribution in [2.24, 2.45) is 5.41 Å². The van der Waals surface area contributed by atoms with Gasteiger partial charge in [-0.05, 0) is 36.3 Å². The molecular weight excluding hydrogens is 446 g/mol. The lowest BCUT2D eigenvalue weighted by Crippen LogP contribution is -2.15. The molecule has 1 aliphatic rings. The number of aromatic nitrogens is 6. The van der Waals surface area contributed by atoms with Crippen molar-refractivity contribution in [3.63, 3.8) is 0 Å². The van der Waals surface area contributed by atoms with Crippen molar-refractivity contribution in [2.75, 3.05) is 5.32 Å². The Morgan fingerprint density at radius 3 is 2.72 bits per heavy atom. The van der Waals surface area contributed by atoms with Gasteiger partial charge in [0.1, 0.15) is 5.52 Å². The molecule has 0 amide bonds. The summed E-state index contributed by atoms with van der Waals surface area (Å²) in [5.74, 6) is 0.686. The minimum absolute atomic E-state index is 0.0596. The maximum atomic E-state index is 4.95. The van der Waals surface area contributed by atoms with Crippen LogP contribution < -0.4 is 5.32 Å². The lowest BCUT2D eigenvalue weighted by Gasteiger charge is -2.23. The van der Waals surface area contributed by atoms with Crippen molar-refractivity contribution >= 4 is 33.3 Å². The molecule has 6 rings (SSSR count). The van der Waals surface area contributed by atoms with E-state index < -0.39 is 0 Å². The predicted octanol–water partition coefficient (Wildman–Crippen LogP) is 6.88. The lowest BCUT2D eigenvalue weighted by atomic mass is 9.93. The van der Waals surface area contributed by atoms with Crippen LogP contribution in [0.5, 0.6) is 0 Å².